The Morgan fingerprint density at radius 1 is 1.56 bits per heavy atom. The smallest absolute Gasteiger partial charge is 0.262 e. The first kappa shape index (κ1) is 14.5. The molecule has 1 aromatic heterocycles. The summed E-state index contributed by atoms with van der Waals surface area (Å²) in [6, 6.07) is 0.991. The summed E-state index contributed by atoms with van der Waals surface area (Å²) in [7, 11) is 1.54. The number of methoxy groups -OCH3 is 1. The van der Waals surface area contributed by atoms with Crippen molar-refractivity contribution in [3.8, 4) is 5.75 Å². The first-order valence-electron chi connectivity index (χ1n) is 5.72. The number of nitrogens with one attached hydrogen (secondary N) is 1. The first-order valence-corrected chi connectivity index (χ1v) is 6.60. The van der Waals surface area contributed by atoms with E-state index >= 15 is 0 Å². The molecule has 0 radical (unpaired) electrons. The molecule has 1 aromatic rings. The molecule has 0 aliphatic heterocycles. The van der Waals surface area contributed by atoms with E-state index in [2.05, 4.69) is 5.32 Å². The van der Waals surface area contributed by atoms with Gasteiger partial charge in [-0.3, -0.25) is 9.59 Å². The van der Waals surface area contributed by atoms with Gasteiger partial charge < -0.3 is 15.8 Å². The first-order chi connectivity index (χ1) is 8.49. The highest BCUT2D eigenvalue weighted by Gasteiger charge is 2.24. The van der Waals surface area contributed by atoms with E-state index in [1.165, 1.54) is 18.4 Å². The Kier molecular flexibility index (Phi) is 5.15. The molecule has 0 aliphatic carbocycles. The third-order valence-corrected chi connectivity index (χ3v) is 3.75. The Labute approximate surface area is 110 Å². The van der Waals surface area contributed by atoms with Crippen molar-refractivity contribution in [3.05, 3.63) is 16.3 Å². The van der Waals surface area contributed by atoms with E-state index in [9.17, 15) is 9.59 Å². The van der Waals surface area contributed by atoms with Crippen LogP contribution in [-0.2, 0) is 4.79 Å². The molecule has 2 unspecified atom stereocenters. The predicted octanol–water partition coefficient (Wildman–Crippen LogP) is 1.39. The van der Waals surface area contributed by atoms with Crippen LogP contribution in [0.25, 0.3) is 0 Å². The van der Waals surface area contributed by atoms with E-state index in [4.69, 9.17) is 10.5 Å². The summed E-state index contributed by atoms with van der Waals surface area (Å²) < 4.78 is 5.00. The average molecular weight is 270 g/mol. The number of amides is 2. The molecule has 0 bridgehead atoms. The van der Waals surface area contributed by atoms with Gasteiger partial charge >= 0.3 is 0 Å². The van der Waals surface area contributed by atoms with Crippen molar-refractivity contribution < 1.29 is 14.3 Å². The number of carbonyl (C=O) groups excluding carboxylic acids is 2. The minimum atomic E-state index is -0.643. The van der Waals surface area contributed by atoms with Crippen molar-refractivity contribution in [1.82, 2.24) is 5.32 Å². The van der Waals surface area contributed by atoms with Gasteiger partial charge in [-0.05, 0) is 5.92 Å². The summed E-state index contributed by atoms with van der Waals surface area (Å²) in [6.45, 7) is 3.83. The molecule has 0 saturated heterocycles. The third kappa shape index (κ3) is 3.46. The van der Waals surface area contributed by atoms with Gasteiger partial charge in [0.05, 0.1) is 12.0 Å². The largest absolute Gasteiger partial charge is 0.496 e. The Morgan fingerprint density at radius 2 is 2.22 bits per heavy atom. The van der Waals surface area contributed by atoms with Crippen LogP contribution in [0.15, 0.2) is 11.4 Å². The highest BCUT2D eigenvalue weighted by molar-refractivity contribution is 7.12. The number of nitrogens with two attached hydrogens (primary N) is 1. The molecule has 100 valence electrons. The molecule has 18 heavy (non-hydrogen) atoms. The zero-order valence-corrected chi connectivity index (χ0v) is 11.5. The average Bonchev–Trinajstić information content (AvgIpc) is 2.83. The lowest BCUT2D eigenvalue weighted by Crippen LogP contribution is -2.48. The molecule has 0 spiro atoms. The van der Waals surface area contributed by atoms with Gasteiger partial charge in [0.25, 0.3) is 5.91 Å². The van der Waals surface area contributed by atoms with Crippen LogP contribution in [-0.4, -0.2) is 25.0 Å². The molecule has 3 N–H and O–H groups in total. The van der Waals surface area contributed by atoms with Crippen molar-refractivity contribution in [2.75, 3.05) is 7.11 Å². The van der Waals surface area contributed by atoms with Gasteiger partial charge in [-0.1, -0.05) is 20.3 Å². The lowest BCUT2D eigenvalue weighted by Gasteiger charge is -2.20. The predicted molar refractivity (Wildman–Crippen MR) is 70.8 cm³/mol. The third-order valence-electron chi connectivity index (χ3n) is 2.84. The van der Waals surface area contributed by atoms with Crippen LogP contribution in [0.4, 0.5) is 0 Å². The highest BCUT2D eigenvalue weighted by Crippen LogP contribution is 2.21. The van der Waals surface area contributed by atoms with Crippen LogP contribution in [0, 0.1) is 5.92 Å². The lowest BCUT2D eigenvalue weighted by molar-refractivity contribution is -0.120. The highest BCUT2D eigenvalue weighted by atomic mass is 32.1. The molecule has 5 nitrogen and oxygen atoms in total. The fourth-order valence-electron chi connectivity index (χ4n) is 1.49. The van der Waals surface area contributed by atoms with E-state index in [1.807, 2.05) is 13.8 Å². The SMILES string of the molecule is CCC(C)C(NC(=O)c1cc(OC)cs1)C(N)=O. The summed E-state index contributed by atoms with van der Waals surface area (Å²) in [5.74, 6) is -0.175. The second-order valence-electron chi connectivity index (χ2n) is 4.09. The number of carbonyl (C=O) groups is 2. The Hall–Kier alpha value is -1.56. The molecule has 0 aliphatic rings. The Balaban J connectivity index is 2.75. The van der Waals surface area contributed by atoms with Gasteiger partial charge in [0.2, 0.25) is 5.91 Å². The number of primary amides is 1. The summed E-state index contributed by atoms with van der Waals surface area (Å²) in [5, 5.41) is 4.40. The quantitative estimate of drug-likeness (QED) is 0.819. The van der Waals surface area contributed by atoms with E-state index in [1.54, 1.807) is 11.4 Å². The molecule has 1 heterocycles. The fraction of sp³-hybridized carbons (Fsp3) is 0.500. The van der Waals surface area contributed by atoms with Gasteiger partial charge in [0.1, 0.15) is 11.8 Å². The maximum absolute atomic E-state index is 11.9. The number of rotatable bonds is 6. The lowest BCUT2D eigenvalue weighted by atomic mass is 9.98. The van der Waals surface area contributed by atoms with Crippen molar-refractivity contribution in [3.63, 3.8) is 0 Å². The number of thiophene rings is 1. The van der Waals surface area contributed by atoms with E-state index in [0.29, 0.717) is 10.6 Å². The van der Waals surface area contributed by atoms with E-state index < -0.39 is 11.9 Å². The summed E-state index contributed by atoms with van der Waals surface area (Å²) in [6.07, 6.45) is 0.766. The molecule has 6 heteroatoms. The van der Waals surface area contributed by atoms with Crippen molar-refractivity contribution in [2.45, 2.75) is 26.3 Å². The number of hydrogen-bond donors (Lipinski definition) is 2. The van der Waals surface area contributed by atoms with Gasteiger partial charge in [0, 0.05) is 11.4 Å². The van der Waals surface area contributed by atoms with E-state index in [0.717, 1.165) is 6.42 Å². The standard InChI is InChI=1S/C12H18N2O3S/c1-4-7(2)10(11(13)15)14-12(16)9-5-8(17-3)6-18-9/h5-7,10H,4H2,1-3H3,(H2,13,15)(H,14,16). The normalized spacial score (nSPS) is 13.7. The molecule has 2 atom stereocenters. The van der Waals surface area contributed by atoms with Crippen LogP contribution in [0.3, 0.4) is 0 Å². The van der Waals surface area contributed by atoms with E-state index in [-0.39, 0.29) is 11.8 Å². The maximum atomic E-state index is 11.9. The minimum Gasteiger partial charge on any atom is -0.496 e. The summed E-state index contributed by atoms with van der Waals surface area (Å²) in [4.78, 5) is 23.8. The topological polar surface area (TPSA) is 81.4 Å². The Bertz CT molecular complexity index is 431. The molecule has 0 aromatic carbocycles. The second-order valence-corrected chi connectivity index (χ2v) is 5.00. The second kappa shape index (κ2) is 6.39. The zero-order valence-electron chi connectivity index (χ0n) is 10.7. The van der Waals surface area contributed by atoms with Crippen LogP contribution < -0.4 is 15.8 Å². The van der Waals surface area contributed by atoms with Gasteiger partial charge in [0.15, 0.2) is 0 Å². The zero-order chi connectivity index (χ0) is 13.7. The summed E-state index contributed by atoms with van der Waals surface area (Å²) in [5.41, 5.74) is 5.30. The number of ether oxygens (including phenoxy) is 1. The molecule has 1 rings (SSSR count). The molecule has 0 saturated carbocycles. The molecular weight excluding hydrogens is 252 g/mol. The maximum Gasteiger partial charge on any atom is 0.262 e. The van der Waals surface area contributed by atoms with Crippen molar-refractivity contribution in [2.24, 2.45) is 11.7 Å². The fourth-order valence-corrected chi connectivity index (χ4v) is 2.24. The number of hydrogen-bond acceptors (Lipinski definition) is 4. The van der Waals surface area contributed by atoms with Crippen molar-refractivity contribution >= 4 is 23.2 Å². The van der Waals surface area contributed by atoms with Gasteiger partial charge in [-0.15, -0.1) is 11.3 Å². The van der Waals surface area contributed by atoms with Crippen LogP contribution in [0.1, 0.15) is 29.9 Å². The van der Waals surface area contributed by atoms with Crippen LogP contribution >= 0.6 is 11.3 Å². The molecule has 0 fully saturated rings. The van der Waals surface area contributed by atoms with Gasteiger partial charge in [-0.2, -0.15) is 0 Å². The van der Waals surface area contributed by atoms with Crippen LogP contribution in [0.5, 0.6) is 5.75 Å². The van der Waals surface area contributed by atoms with Crippen molar-refractivity contribution in [1.29, 1.82) is 0 Å². The molecular formula is C12H18N2O3S. The van der Waals surface area contributed by atoms with Gasteiger partial charge in [-0.25, -0.2) is 0 Å². The van der Waals surface area contributed by atoms with Crippen LogP contribution in [0.2, 0.25) is 0 Å². The summed E-state index contributed by atoms with van der Waals surface area (Å²) >= 11 is 1.27. The monoisotopic (exact) mass is 270 g/mol. The Morgan fingerprint density at radius 3 is 2.67 bits per heavy atom. The minimum absolute atomic E-state index is 0.00769. The molecule has 2 amide bonds.